The van der Waals surface area contributed by atoms with E-state index in [9.17, 15) is 4.79 Å². The lowest BCUT2D eigenvalue weighted by molar-refractivity contribution is -0.138. The molecule has 1 aliphatic rings. The number of hydrogen-bond acceptors (Lipinski definition) is 3. The summed E-state index contributed by atoms with van der Waals surface area (Å²) >= 11 is 0. The van der Waals surface area contributed by atoms with E-state index in [-0.39, 0.29) is 14.0 Å². The Hall–Kier alpha value is -0.870. The standard InChI is InChI=1S/C10H18N2O2.CH4/c1-2-4-11-5-3-6-12(8-7-11)9-10(13)14;/h2H,1,3-9H2,(H,13,14);1H4. The number of rotatable bonds is 4. The Bertz CT molecular complexity index is 207. The minimum absolute atomic E-state index is 0. The van der Waals surface area contributed by atoms with E-state index in [2.05, 4.69) is 11.5 Å². The SMILES string of the molecule is C.C=CCN1CCCN(CC(=O)O)CC1. The molecule has 0 saturated carbocycles. The van der Waals surface area contributed by atoms with Crippen LogP contribution in [0.1, 0.15) is 13.8 Å². The van der Waals surface area contributed by atoms with E-state index >= 15 is 0 Å². The smallest absolute Gasteiger partial charge is 0.317 e. The highest BCUT2D eigenvalue weighted by molar-refractivity contribution is 5.69. The molecule has 0 spiro atoms. The second kappa shape index (κ2) is 7.43. The molecule has 1 aliphatic heterocycles. The molecule has 88 valence electrons. The molecule has 1 rings (SSSR count). The lowest BCUT2D eigenvalue weighted by atomic mass is 10.4. The number of carboxylic acid groups (broad SMARTS) is 1. The fraction of sp³-hybridized carbons (Fsp3) is 0.727. The molecule has 0 radical (unpaired) electrons. The maximum atomic E-state index is 10.5. The number of carboxylic acids is 1. The van der Waals surface area contributed by atoms with Crippen LogP contribution in [0.25, 0.3) is 0 Å². The molecule has 1 saturated heterocycles. The van der Waals surface area contributed by atoms with Crippen molar-refractivity contribution in [3.63, 3.8) is 0 Å². The van der Waals surface area contributed by atoms with Gasteiger partial charge in [0.2, 0.25) is 0 Å². The van der Waals surface area contributed by atoms with Crippen LogP contribution in [0.5, 0.6) is 0 Å². The minimum atomic E-state index is -0.734. The maximum Gasteiger partial charge on any atom is 0.317 e. The van der Waals surface area contributed by atoms with Crippen molar-refractivity contribution in [2.75, 3.05) is 39.3 Å². The van der Waals surface area contributed by atoms with Crippen LogP contribution >= 0.6 is 0 Å². The Balaban J connectivity index is 0.00000196. The van der Waals surface area contributed by atoms with E-state index in [0.717, 1.165) is 39.1 Å². The summed E-state index contributed by atoms with van der Waals surface area (Å²) in [6.45, 7) is 8.50. The van der Waals surface area contributed by atoms with Crippen molar-refractivity contribution in [1.29, 1.82) is 0 Å². The third-order valence-electron chi connectivity index (χ3n) is 2.43. The number of hydrogen-bond donors (Lipinski definition) is 1. The van der Waals surface area contributed by atoms with Crippen molar-refractivity contribution in [2.24, 2.45) is 0 Å². The van der Waals surface area contributed by atoms with Crippen molar-refractivity contribution in [1.82, 2.24) is 9.80 Å². The Kier molecular flexibility index (Phi) is 6.99. The van der Waals surface area contributed by atoms with Crippen LogP contribution in [0.15, 0.2) is 12.7 Å². The van der Waals surface area contributed by atoms with Gasteiger partial charge in [-0.05, 0) is 13.0 Å². The molecule has 0 bridgehead atoms. The molecular weight excluding hydrogens is 192 g/mol. The van der Waals surface area contributed by atoms with Crippen LogP contribution in [0.4, 0.5) is 0 Å². The minimum Gasteiger partial charge on any atom is -0.480 e. The lowest BCUT2D eigenvalue weighted by Gasteiger charge is -2.18. The first-order chi connectivity index (χ1) is 6.72. The molecule has 0 aromatic rings. The lowest BCUT2D eigenvalue weighted by Crippen LogP contribution is -2.34. The van der Waals surface area contributed by atoms with Gasteiger partial charge in [-0.15, -0.1) is 6.58 Å². The van der Waals surface area contributed by atoms with Gasteiger partial charge in [-0.1, -0.05) is 13.5 Å². The highest BCUT2D eigenvalue weighted by Gasteiger charge is 2.15. The normalized spacial score (nSPS) is 18.9. The van der Waals surface area contributed by atoms with Crippen LogP contribution < -0.4 is 0 Å². The first kappa shape index (κ1) is 14.1. The van der Waals surface area contributed by atoms with Gasteiger partial charge in [0.25, 0.3) is 0 Å². The van der Waals surface area contributed by atoms with Crippen molar-refractivity contribution in [3.8, 4) is 0 Å². The first-order valence-electron chi connectivity index (χ1n) is 5.00. The third-order valence-corrected chi connectivity index (χ3v) is 2.43. The summed E-state index contributed by atoms with van der Waals surface area (Å²) in [6.07, 6.45) is 2.94. The number of aliphatic carboxylic acids is 1. The van der Waals surface area contributed by atoms with Crippen LogP contribution in [-0.4, -0.2) is 60.1 Å². The summed E-state index contributed by atoms with van der Waals surface area (Å²) in [5.74, 6) is -0.734. The quantitative estimate of drug-likeness (QED) is 0.706. The average molecular weight is 214 g/mol. The summed E-state index contributed by atoms with van der Waals surface area (Å²) < 4.78 is 0. The summed E-state index contributed by atoms with van der Waals surface area (Å²) in [7, 11) is 0. The largest absolute Gasteiger partial charge is 0.480 e. The molecule has 4 nitrogen and oxygen atoms in total. The number of carbonyl (C=O) groups is 1. The molecular formula is C11H22N2O2. The summed E-state index contributed by atoms with van der Waals surface area (Å²) in [6, 6.07) is 0. The van der Waals surface area contributed by atoms with E-state index in [0.29, 0.717) is 0 Å². The monoisotopic (exact) mass is 214 g/mol. The molecule has 0 aromatic carbocycles. The van der Waals surface area contributed by atoms with Gasteiger partial charge in [-0.3, -0.25) is 14.6 Å². The predicted molar refractivity (Wildman–Crippen MR) is 62.1 cm³/mol. The predicted octanol–water partition coefficient (Wildman–Crippen LogP) is 0.901. The second-order valence-corrected chi connectivity index (χ2v) is 3.61. The molecule has 0 aromatic heterocycles. The summed E-state index contributed by atoms with van der Waals surface area (Å²) in [5.41, 5.74) is 0. The van der Waals surface area contributed by atoms with E-state index in [4.69, 9.17) is 5.11 Å². The van der Waals surface area contributed by atoms with E-state index in [1.165, 1.54) is 0 Å². The van der Waals surface area contributed by atoms with Crippen molar-refractivity contribution in [2.45, 2.75) is 13.8 Å². The Labute approximate surface area is 92.2 Å². The average Bonchev–Trinajstić information content (AvgIpc) is 2.31. The molecule has 15 heavy (non-hydrogen) atoms. The van der Waals surface area contributed by atoms with Gasteiger partial charge < -0.3 is 5.11 Å². The molecule has 1 fully saturated rings. The van der Waals surface area contributed by atoms with E-state index in [1.54, 1.807) is 0 Å². The molecule has 1 N–H and O–H groups in total. The van der Waals surface area contributed by atoms with Crippen molar-refractivity contribution >= 4 is 5.97 Å². The summed E-state index contributed by atoms with van der Waals surface area (Å²) in [4.78, 5) is 14.8. The molecule has 1 heterocycles. The van der Waals surface area contributed by atoms with E-state index in [1.807, 2.05) is 11.0 Å². The second-order valence-electron chi connectivity index (χ2n) is 3.61. The maximum absolute atomic E-state index is 10.5. The van der Waals surface area contributed by atoms with Gasteiger partial charge in [0.05, 0.1) is 6.54 Å². The number of nitrogens with zero attached hydrogens (tertiary/aromatic N) is 2. The summed E-state index contributed by atoms with van der Waals surface area (Å²) in [5, 5.41) is 8.66. The zero-order chi connectivity index (χ0) is 10.4. The van der Waals surface area contributed by atoms with Gasteiger partial charge in [-0.2, -0.15) is 0 Å². The Morgan fingerprint density at radius 2 is 1.87 bits per heavy atom. The first-order valence-corrected chi connectivity index (χ1v) is 5.00. The van der Waals surface area contributed by atoms with Gasteiger partial charge in [-0.25, -0.2) is 0 Å². The van der Waals surface area contributed by atoms with Crippen LogP contribution in [0.3, 0.4) is 0 Å². The van der Waals surface area contributed by atoms with E-state index < -0.39 is 5.97 Å². The molecule has 0 aliphatic carbocycles. The fourth-order valence-corrected chi connectivity index (χ4v) is 1.74. The van der Waals surface area contributed by atoms with Crippen LogP contribution in [0, 0.1) is 0 Å². The molecule has 0 amide bonds. The molecule has 0 unspecified atom stereocenters. The van der Waals surface area contributed by atoms with Crippen LogP contribution in [0.2, 0.25) is 0 Å². The van der Waals surface area contributed by atoms with Gasteiger partial charge in [0, 0.05) is 26.2 Å². The van der Waals surface area contributed by atoms with Gasteiger partial charge >= 0.3 is 5.97 Å². The van der Waals surface area contributed by atoms with Crippen molar-refractivity contribution in [3.05, 3.63) is 12.7 Å². The third kappa shape index (κ3) is 5.54. The highest BCUT2D eigenvalue weighted by Crippen LogP contribution is 2.02. The highest BCUT2D eigenvalue weighted by atomic mass is 16.4. The zero-order valence-electron chi connectivity index (χ0n) is 8.48. The zero-order valence-corrected chi connectivity index (χ0v) is 8.48. The Morgan fingerprint density at radius 3 is 2.47 bits per heavy atom. The van der Waals surface area contributed by atoms with Crippen LogP contribution in [-0.2, 0) is 4.79 Å². The molecule has 4 heteroatoms. The fourth-order valence-electron chi connectivity index (χ4n) is 1.74. The molecule has 0 atom stereocenters. The van der Waals surface area contributed by atoms with Crippen molar-refractivity contribution < 1.29 is 9.90 Å². The van der Waals surface area contributed by atoms with Gasteiger partial charge in [0.15, 0.2) is 0 Å². The Morgan fingerprint density at radius 1 is 1.27 bits per heavy atom. The topological polar surface area (TPSA) is 43.8 Å². The van der Waals surface area contributed by atoms with Gasteiger partial charge in [0.1, 0.15) is 0 Å².